The van der Waals surface area contributed by atoms with Gasteiger partial charge in [-0.3, -0.25) is 0 Å². The predicted octanol–water partition coefficient (Wildman–Crippen LogP) is 2.19. The van der Waals surface area contributed by atoms with Crippen LogP contribution in [0.1, 0.15) is 6.42 Å². The molecule has 6 nitrogen and oxygen atoms in total. The Morgan fingerprint density at radius 1 is 1.19 bits per heavy atom. The molecular formula is C15H24N6. The van der Waals surface area contributed by atoms with Crippen molar-refractivity contribution in [1.82, 2.24) is 9.80 Å². The summed E-state index contributed by atoms with van der Waals surface area (Å²) in [6, 6.07) is 8.03. The smallest absolute Gasteiger partial charge is 0.218 e. The van der Waals surface area contributed by atoms with Crippen LogP contribution < -0.4 is 10.6 Å². The summed E-state index contributed by atoms with van der Waals surface area (Å²) in [5, 5.41) is 8.79. The summed E-state index contributed by atoms with van der Waals surface area (Å²) in [5.74, 6) is 0. The molecule has 0 aliphatic carbocycles. The van der Waals surface area contributed by atoms with Crippen molar-refractivity contribution in [3.05, 3.63) is 36.7 Å². The van der Waals surface area contributed by atoms with E-state index in [4.69, 9.17) is 5.73 Å². The van der Waals surface area contributed by atoms with E-state index in [1.165, 1.54) is 0 Å². The molecule has 1 unspecified atom stereocenters. The zero-order valence-corrected chi connectivity index (χ0v) is 13.0. The Morgan fingerprint density at radius 2 is 1.90 bits per heavy atom. The second kappa shape index (κ2) is 7.08. The highest BCUT2D eigenvalue weighted by Crippen LogP contribution is 2.21. The van der Waals surface area contributed by atoms with E-state index < -0.39 is 0 Å². The highest BCUT2D eigenvalue weighted by molar-refractivity contribution is 5.51. The van der Waals surface area contributed by atoms with Gasteiger partial charge in [0.1, 0.15) is 0 Å². The molecule has 0 saturated carbocycles. The maximum atomic E-state index is 5.57. The zero-order valence-electron chi connectivity index (χ0n) is 13.0. The van der Waals surface area contributed by atoms with Crippen molar-refractivity contribution in [2.45, 2.75) is 12.7 Å². The summed E-state index contributed by atoms with van der Waals surface area (Å²) in [4.78, 5) is 6.24. The number of benzene rings is 1. The second-order valence-electron chi connectivity index (χ2n) is 5.32. The van der Waals surface area contributed by atoms with E-state index >= 15 is 0 Å². The molecule has 2 rings (SSSR count). The van der Waals surface area contributed by atoms with Gasteiger partial charge in [-0.1, -0.05) is 0 Å². The summed E-state index contributed by atoms with van der Waals surface area (Å²) >= 11 is 0. The normalized spacial score (nSPS) is 18.0. The highest BCUT2D eigenvalue weighted by Gasteiger charge is 2.22. The molecule has 1 heterocycles. The number of nitrogens with zero attached hydrogens (tertiary/aromatic N) is 5. The van der Waals surface area contributed by atoms with Crippen LogP contribution in [0.2, 0.25) is 0 Å². The molecule has 0 bridgehead atoms. The first kappa shape index (κ1) is 15.3. The molecule has 0 spiro atoms. The molecule has 21 heavy (non-hydrogen) atoms. The van der Waals surface area contributed by atoms with Crippen molar-refractivity contribution in [1.29, 1.82) is 0 Å². The van der Waals surface area contributed by atoms with Crippen LogP contribution >= 0.6 is 0 Å². The van der Waals surface area contributed by atoms with Crippen LogP contribution in [-0.4, -0.2) is 50.3 Å². The summed E-state index contributed by atoms with van der Waals surface area (Å²) in [5.41, 5.74) is 7.58. The monoisotopic (exact) mass is 288 g/mol. The molecular weight excluding hydrogens is 264 g/mol. The summed E-state index contributed by atoms with van der Waals surface area (Å²) in [7, 11) is 6.04. The molecule has 1 aromatic carbocycles. The molecule has 0 saturated heterocycles. The van der Waals surface area contributed by atoms with Gasteiger partial charge in [-0.05, 0) is 37.2 Å². The van der Waals surface area contributed by atoms with E-state index in [-0.39, 0.29) is 6.29 Å². The lowest BCUT2D eigenvalue weighted by Gasteiger charge is -2.25. The number of hydrogen-bond acceptors (Lipinski definition) is 6. The van der Waals surface area contributed by atoms with Crippen molar-refractivity contribution < 1.29 is 0 Å². The molecule has 1 atom stereocenters. The molecule has 0 radical (unpaired) electrons. The van der Waals surface area contributed by atoms with Crippen molar-refractivity contribution in [2.75, 3.05) is 39.1 Å². The molecule has 1 aliphatic rings. The number of azo groups is 1. The minimum Gasteiger partial charge on any atom is -0.378 e. The van der Waals surface area contributed by atoms with Gasteiger partial charge in [0.2, 0.25) is 6.29 Å². The average molecular weight is 288 g/mol. The first-order chi connectivity index (χ1) is 10.1. The fraction of sp³-hybridized carbons (Fsp3) is 0.467. The van der Waals surface area contributed by atoms with Gasteiger partial charge in [0.25, 0.3) is 0 Å². The van der Waals surface area contributed by atoms with Crippen LogP contribution in [0, 0.1) is 0 Å². The largest absolute Gasteiger partial charge is 0.378 e. The lowest BCUT2D eigenvalue weighted by atomic mass is 10.3. The fourth-order valence-corrected chi connectivity index (χ4v) is 2.13. The maximum absolute atomic E-state index is 5.57. The molecule has 0 aromatic heterocycles. The van der Waals surface area contributed by atoms with E-state index in [9.17, 15) is 0 Å². The summed E-state index contributed by atoms with van der Waals surface area (Å²) in [6.07, 6.45) is 4.91. The van der Waals surface area contributed by atoms with Crippen LogP contribution in [0.25, 0.3) is 0 Å². The van der Waals surface area contributed by atoms with Crippen molar-refractivity contribution in [3.63, 3.8) is 0 Å². The minimum atomic E-state index is -0.0786. The highest BCUT2D eigenvalue weighted by atomic mass is 15.5. The molecule has 6 heteroatoms. The van der Waals surface area contributed by atoms with E-state index in [0.29, 0.717) is 6.54 Å². The third kappa shape index (κ3) is 3.95. The lowest BCUT2D eigenvalue weighted by molar-refractivity contribution is 0.177. The molecule has 0 amide bonds. The van der Waals surface area contributed by atoms with Gasteiger partial charge in [0.05, 0.1) is 5.69 Å². The lowest BCUT2D eigenvalue weighted by Crippen LogP contribution is -2.35. The number of anilines is 1. The molecule has 2 N–H and O–H groups in total. The van der Waals surface area contributed by atoms with Crippen LogP contribution in [0.5, 0.6) is 0 Å². The van der Waals surface area contributed by atoms with E-state index in [1.807, 2.05) is 62.7 Å². The van der Waals surface area contributed by atoms with E-state index in [1.54, 1.807) is 0 Å². The van der Waals surface area contributed by atoms with Gasteiger partial charge in [0.15, 0.2) is 0 Å². The molecule has 114 valence electrons. The van der Waals surface area contributed by atoms with Crippen LogP contribution in [0.3, 0.4) is 0 Å². The van der Waals surface area contributed by atoms with Crippen LogP contribution in [-0.2, 0) is 0 Å². The second-order valence-corrected chi connectivity index (χ2v) is 5.32. The molecule has 1 aliphatic heterocycles. The Morgan fingerprint density at radius 3 is 2.52 bits per heavy atom. The van der Waals surface area contributed by atoms with Gasteiger partial charge in [-0.25, -0.2) is 0 Å². The van der Waals surface area contributed by atoms with E-state index in [2.05, 4.69) is 20.0 Å². The first-order valence-electron chi connectivity index (χ1n) is 7.16. The number of rotatable bonds is 6. The predicted molar refractivity (Wildman–Crippen MR) is 86.4 cm³/mol. The number of hydrogen-bond donors (Lipinski definition) is 1. The Kier molecular flexibility index (Phi) is 5.16. The Hall–Kier alpha value is -2.08. The molecule has 1 aromatic rings. The van der Waals surface area contributed by atoms with Crippen molar-refractivity contribution >= 4 is 11.4 Å². The first-order valence-corrected chi connectivity index (χ1v) is 7.16. The van der Waals surface area contributed by atoms with Gasteiger partial charge in [-0.15, -0.1) is 5.11 Å². The van der Waals surface area contributed by atoms with Crippen LogP contribution in [0.15, 0.2) is 46.9 Å². The topological polar surface area (TPSA) is 60.5 Å². The van der Waals surface area contributed by atoms with E-state index in [0.717, 1.165) is 24.3 Å². The standard InChI is InChI=1S/C15H24N6/c1-19(2)14-7-5-13(6-8-14)17-18-15-20(3)11-12-21(15)10-4-9-16/h5-8,11-12,15H,4,9-10,16H2,1-3H3. The Bertz CT molecular complexity index is 493. The van der Waals surface area contributed by atoms with Gasteiger partial charge in [-0.2, -0.15) is 5.11 Å². The fourth-order valence-electron chi connectivity index (χ4n) is 2.13. The Balaban J connectivity index is 2.01. The van der Waals surface area contributed by atoms with Gasteiger partial charge >= 0.3 is 0 Å². The molecule has 0 fully saturated rings. The SMILES string of the molecule is CN(C)c1ccc(N=NC2N(C)C=CN2CCCN)cc1. The van der Waals surface area contributed by atoms with Crippen LogP contribution in [0.4, 0.5) is 11.4 Å². The minimum absolute atomic E-state index is 0.0786. The van der Waals surface area contributed by atoms with Gasteiger partial charge < -0.3 is 20.4 Å². The summed E-state index contributed by atoms with van der Waals surface area (Å²) < 4.78 is 0. The third-order valence-corrected chi connectivity index (χ3v) is 3.42. The Labute approximate surface area is 126 Å². The average Bonchev–Trinajstić information content (AvgIpc) is 2.83. The third-order valence-electron chi connectivity index (χ3n) is 3.42. The summed E-state index contributed by atoms with van der Waals surface area (Å²) in [6.45, 7) is 1.57. The van der Waals surface area contributed by atoms with Crippen molar-refractivity contribution in [3.8, 4) is 0 Å². The quantitative estimate of drug-likeness (QED) is 0.815. The maximum Gasteiger partial charge on any atom is 0.218 e. The van der Waals surface area contributed by atoms with Gasteiger partial charge in [0, 0.05) is 45.8 Å². The zero-order chi connectivity index (χ0) is 15.2. The van der Waals surface area contributed by atoms with Crippen molar-refractivity contribution in [2.24, 2.45) is 16.0 Å². The number of nitrogens with two attached hydrogens (primary N) is 1.